The summed E-state index contributed by atoms with van der Waals surface area (Å²) >= 11 is 0. The Bertz CT molecular complexity index is 699. The number of phenolic OH excluding ortho intramolecular Hbond substituents is 1. The number of benzene rings is 2. The lowest BCUT2D eigenvalue weighted by Crippen LogP contribution is -2.33. The topological polar surface area (TPSA) is 41.9 Å². The second kappa shape index (κ2) is 6.50. The number of hydrogen-bond acceptors (Lipinski definition) is 4. The molecular formula is C19H23NO3. The number of hydrogen-bond donors (Lipinski definition) is 1. The minimum absolute atomic E-state index is 0.193. The first-order chi connectivity index (χ1) is 11.1. The Morgan fingerprint density at radius 2 is 1.96 bits per heavy atom. The van der Waals surface area contributed by atoms with Crippen molar-refractivity contribution in [3.63, 3.8) is 0 Å². The van der Waals surface area contributed by atoms with Gasteiger partial charge in [-0.05, 0) is 60.8 Å². The molecule has 0 saturated carbocycles. The van der Waals surface area contributed by atoms with Crippen molar-refractivity contribution in [1.82, 2.24) is 4.90 Å². The first-order valence-corrected chi connectivity index (χ1v) is 7.85. The molecule has 4 heteroatoms. The summed E-state index contributed by atoms with van der Waals surface area (Å²) in [5.74, 6) is 1.61. The van der Waals surface area contributed by atoms with Gasteiger partial charge in [0.15, 0.2) is 11.5 Å². The fourth-order valence-corrected chi connectivity index (χ4v) is 3.29. The predicted octanol–water partition coefficient (Wildman–Crippen LogP) is 3.18. The van der Waals surface area contributed by atoms with Crippen LogP contribution in [0.2, 0.25) is 0 Å². The minimum Gasteiger partial charge on any atom is -0.504 e. The summed E-state index contributed by atoms with van der Waals surface area (Å²) in [5.41, 5.74) is 3.80. The molecule has 122 valence electrons. The summed E-state index contributed by atoms with van der Waals surface area (Å²) in [6.07, 6.45) is 1.89. The van der Waals surface area contributed by atoms with E-state index in [1.807, 2.05) is 18.2 Å². The first kappa shape index (κ1) is 15.7. The molecule has 0 aromatic heterocycles. The zero-order valence-electron chi connectivity index (χ0n) is 13.9. The number of methoxy groups -OCH3 is 2. The van der Waals surface area contributed by atoms with E-state index in [0.29, 0.717) is 11.8 Å². The number of likely N-dealkylation sites (N-methyl/N-ethyl adjacent to an activating group) is 1. The third-order valence-corrected chi connectivity index (χ3v) is 4.65. The van der Waals surface area contributed by atoms with E-state index in [-0.39, 0.29) is 5.75 Å². The fraction of sp³-hybridized carbons (Fsp3) is 0.368. The highest BCUT2D eigenvalue weighted by atomic mass is 16.5. The smallest absolute Gasteiger partial charge is 0.160 e. The molecule has 0 aliphatic carbocycles. The molecule has 3 rings (SSSR count). The van der Waals surface area contributed by atoms with Crippen molar-refractivity contribution < 1.29 is 14.6 Å². The zero-order valence-corrected chi connectivity index (χ0v) is 13.9. The molecule has 2 aromatic carbocycles. The highest BCUT2D eigenvalue weighted by Crippen LogP contribution is 2.35. The van der Waals surface area contributed by atoms with Crippen molar-refractivity contribution >= 4 is 0 Å². The lowest BCUT2D eigenvalue weighted by atomic mass is 9.89. The lowest BCUT2D eigenvalue weighted by Gasteiger charge is -2.35. The summed E-state index contributed by atoms with van der Waals surface area (Å²) in [4.78, 5) is 2.37. The molecule has 1 heterocycles. The van der Waals surface area contributed by atoms with E-state index in [9.17, 15) is 5.11 Å². The highest BCUT2D eigenvalue weighted by molar-refractivity contribution is 5.44. The second-order valence-electron chi connectivity index (χ2n) is 6.02. The van der Waals surface area contributed by atoms with Crippen LogP contribution in [0.5, 0.6) is 17.2 Å². The third kappa shape index (κ3) is 3.13. The molecule has 2 aromatic rings. The predicted molar refractivity (Wildman–Crippen MR) is 90.4 cm³/mol. The Morgan fingerprint density at radius 3 is 2.65 bits per heavy atom. The Balaban J connectivity index is 1.89. The van der Waals surface area contributed by atoms with E-state index in [1.165, 1.54) is 11.1 Å². The number of phenols is 1. The van der Waals surface area contributed by atoms with Crippen molar-refractivity contribution in [2.75, 3.05) is 27.8 Å². The van der Waals surface area contributed by atoms with Gasteiger partial charge in [0.1, 0.15) is 5.75 Å². The molecule has 1 aliphatic heterocycles. The van der Waals surface area contributed by atoms with Crippen molar-refractivity contribution in [2.24, 2.45) is 0 Å². The average Bonchev–Trinajstić information content (AvgIpc) is 2.57. The van der Waals surface area contributed by atoms with Gasteiger partial charge in [0.25, 0.3) is 0 Å². The Kier molecular flexibility index (Phi) is 4.44. The van der Waals surface area contributed by atoms with Crippen LogP contribution in [-0.4, -0.2) is 37.8 Å². The van der Waals surface area contributed by atoms with Crippen molar-refractivity contribution in [3.05, 3.63) is 53.1 Å². The van der Waals surface area contributed by atoms with Crippen LogP contribution in [0.15, 0.2) is 36.4 Å². The molecule has 0 unspecified atom stereocenters. The summed E-state index contributed by atoms with van der Waals surface area (Å²) in [5, 5.41) is 10.00. The van der Waals surface area contributed by atoms with Crippen LogP contribution < -0.4 is 9.47 Å². The molecule has 0 saturated heterocycles. The van der Waals surface area contributed by atoms with Crippen LogP contribution in [0.4, 0.5) is 0 Å². The molecule has 23 heavy (non-hydrogen) atoms. The van der Waals surface area contributed by atoms with Gasteiger partial charge in [-0.25, -0.2) is 0 Å². The van der Waals surface area contributed by atoms with E-state index in [4.69, 9.17) is 9.47 Å². The molecule has 0 fully saturated rings. The Hall–Kier alpha value is -2.20. The third-order valence-electron chi connectivity index (χ3n) is 4.65. The monoisotopic (exact) mass is 313 g/mol. The van der Waals surface area contributed by atoms with Crippen LogP contribution in [0, 0.1) is 0 Å². The molecule has 0 amide bonds. The van der Waals surface area contributed by atoms with E-state index in [0.717, 1.165) is 30.7 Å². The van der Waals surface area contributed by atoms with E-state index in [2.05, 4.69) is 24.1 Å². The number of nitrogens with zero attached hydrogens (tertiary/aromatic N) is 1. The maximum Gasteiger partial charge on any atom is 0.160 e. The van der Waals surface area contributed by atoms with Gasteiger partial charge in [-0.1, -0.05) is 12.1 Å². The van der Waals surface area contributed by atoms with E-state index in [1.54, 1.807) is 20.3 Å². The number of ether oxygens (including phenoxy) is 2. The average molecular weight is 313 g/mol. The second-order valence-corrected chi connectivity index (χ2v) is 6.02. The van der Waals surface area contributed by atoms with Gasteiger partial charge >= 0.3 is 0 Å². The maximum absolute atomic E-state index is 10.00. The number of fused-ring (bicyclic) bond motifs is 1. The molecule has 0 spiro atoms. The SMILES string of the molecule is COc1ccc2c(c1)CCN(C)[C@@H]2Cc1ccc(OC)c(O)c1. The molecule has 0 radical (unpaired) electrons. The molecule has 1 atom stereocenters. The summed E-state index contributed by atoms with van der Waals surface area (Å²) < 4.78 is 10.5. The molecular weight excluding hydrogens is 290 g/mol. The minimum atomic E-state index is 0.193. The largest absolute Gasteiger partial charge is 0.504 e. The normalized spacial score (nSPS) is 17.6. The van der Waals surface area contributed by atoms with Gasteiger partial charge in [0, 0.05) is 12.6 Å². The van der Waals surface area contributed by atoms with E-state index < -0.39 is 0 Å². The van der Waals surface area contributed by atoms with Crippen molar-refractivity contribution in [3.8, 4) is 17.2 Å². The van der Waals surface area contributed by atoms with Gasteiger partial charge in [-0.2, -0.15) is 0 Å². The van der Waals surface area contributed by atoms with Gasteiger partial charge < -0.3 is 14.6 Å². The quantitative estimate of drug-likeness (QED) is 0.941. The zero-order chi connectivity index (χ0) is 16.4. The van der Waals surface area contributed by atoms with Gasteiger partial charge in [-0.15, -0.1) is 0 Å². The summed E-state index contributed by atoms with van der Waals surface area (Å²) in [7, 11) is 5.42. The van der Waals surface area contributed by atoms with Crippen molar-refractivity contribution in [2.45, 2.75) is 18.9 Å². The molecule has 0 bridgehead atoms. The molecule has 1 aliphatic rings. The van der Waals surface area contributed by atoms with Crippen LogP contribution in [0.1, 0.15) is 22.7 Å². The van der Waals surface area contributed by atoms with Crippen LogP contribution >= 0.6 is 0 Å². The Labute approximate surface area is 137 Å². The maximum atomic E-state index is 10.00. The Morgan fingerprint density at radius 1 is 1.13 bits per heavy atom. The van der Waals surface area contributed by atoms with E-state index >= 15 is 0 Å². The van der Waals surface area contributed by atoms with Gasteiger partial charge in [0.05, 0.1) is 14.2 Å². The van der Waals surface area contributed by atoms with Crippen molar-refractivity contribution in [1.29, 1.82) is 0 Å². The van der Waals surface area contributed by atoms with Crippen LogP contribution in [-0.2, 0) is 12.8 Å². The summed E-state index contributed by atoms with van der Waals surface area (Å²) in [6, 6.07) is 12.3. The molecule has 1 N–H and O–H groups in total. The van der Waals surface area contributed by atoms with Gasteiger partial charge in [-0.3, -0.25) is 4.90 Å². The van der Waals surface area contributed by atoms with Crippen LogP contribution in [0.25, 0.3) is 0 Å². The standard InChI is InChI=1S/C19H23NO3/c1-20-9-8-14-12-15(22-2)5-6-16(14)17(20)10-13-4-7-19(23-3)18(21)11-13/h4-7,11-12,17,21H,8-10H2,1-3H3/t17-/m1/s1. The fourth-order valence-electron chi connectivity index (χ4n) is 3.29. The number of rotatable bonds is 4. The van der Waals surface area contributed by atoms with Gasteiger partial charge in [0.2, 0.25) is 0 Å². The summed E-state index contributed by atoms with van der Waals surface area (Å²) in [6.45, 7) is 1.02. The highest BCUT2D eigenvalue weighted by Gasteiger charge is 2.25. The first-order valence-electron chi connectivity index (χ1n) is 7.85. The molecule has 4 nitrogen and oxygen atoms in total. The van der Waals surface area contributed by atoms with Crippen LogP contribution in [0.3, 0.4) is 0 Å². The lowest BCUT2D eigenvalue weighted by molar-refractivity contribution is 0.229. The number of aromatic hydroxyl groups is 1.